The molecule has 0 amide bonds. The van der Waals surface area contributed by atoms with E-state index >= 15 is 0 Å². The molecule has 1 aliphatic carbocycles. The van der Waals surface area contributed by atoms with Gasteiger partial charge in [-0.3, -0.25) is 0 Å². The van der Waals surface area contributed by atoms with Gasteiger partial charge in [-0.2, -0.15) is 0 Å². The van der Waals surface area contributed by atoms with Crippen LogP contribution in [-0.4, -0.2) is 12.1 Å². The smallest absolute Gasteiger partial charge is 0.123 e. The van der Waals surface area contributed by atoms with Crippen molar-refractivity contribution < 1.29 is 9.13 Å². The molecule has 1 aromatic carbocycles. The minimum atomic E-state index is -0.238. The van der Waals surface area contributed by atoms with Gasteiger partial charge in [0.1, 0.15) is 17.2 Å². The highest BCUT2D eigenvalue weighted by atomic mass is 19.1. The minimum Gasteiger partial charge on any atom is -0.486 e. The fourth-order valence-corrected chi connectivity index (χ4v) is 2.30. The van der Waals surface area contributed by atoms with E-state index in [-0.39, 0.29) is 11.4 Å². The molecule has 0 radical (unpaired) electrons. The molecular formula is C13H18FNO. The molecule has 1 aliphatic rings. The van der Waals surface area contributed by atoms with Crippen molar-refractivity contribution in [2.24, 2.45) is 5.73 Å². The number of rotatable bonds is 3. The summed E-state index contributed by atoms with van der Waals surface area (Å²) in [5.41, 5.74) is 5.59. The van der Waals surface area contributed by atoms with Gasteiger partial charge >= 0.3 is 0 Å². The van der Waals surface area contributed by atoms with Gasteiger partial charge in [0.25, 0.3) is 0 Å². The third-order valence-corrected chi connectivity index (χ3v) is 3.28. The first-order chi connectivity index (χ1) is 7.74. The molecule has 0 bridgehead atoms. The first-order valence-electron chi connectivity index (χ1n) is 5.89. The quantitative estimate of drug-likeness (QED) is 0.855. The predicted octanol–water partition coefficient (Wildman–Crippen LogP) is 2.87. The van der Waals surface area contributed by atoms with Crippen molar-refractivity contribution >= 4 is 0 Å². The molecule has 1 fully saturated rings. The minimum absolute atomic E-state index is 0.226. The molecule has 2 N–H and O–H groups in total. The first kappa shape index (κ1) is 11.4. The second-order valence-electron chi connectivity index (χ2n) is 4.50. The lowest BCUT2D eigenvalue weighted by Crippen LogP contribution is -2.45. The van der Waals surface area contributed by atoms with Crippen LogP contribution in [0, 0.1) is 5.82 Å². The number of hydrogen-bond acceptors (Lipinski definition) is 2. The first-order valence-corrected chi connectivity index (χ1v) is 5.89. The van der Waals surface area contributed by atoms with Gasteiger partial charge in [0.15, 0.2) is 0 Å². The highest BCUT2D eigenvalue weighted by Gasteiger charge is 2.32. The predicted molar refractivity (Wildman–Crippen MR) is 61.9 cm³/mol. The van der Waals surface area contributed by atoms with E-state index in [9.17, 15) is 4.39 Å². The number of benzene rings is 1. The number of halogens is 1. The standard InChI is InChI=1S/C13H18FNO/c14-11-4-6-12(7-5-11)16-13(10-15)8-2-1-3-9-13/h4-7H,1-3,8-10,15H2. The molecule has 88 valence electrons. The van der Waals surface area contributed by atoms with Gasteiger partial charge in [-0.25, -0.2) is 4.39 Å². The van der Waals surface area contributed by atoms with Gasteiger partial charge in [0.2, 0.25) is 0 Å². The van der Waals surface area contributed by atoms with Crippen LogP contribution in [0.3, 0.4) is 0 Å². The lowest BCUT2D eigenvalue weighted by Gasteiger charge is -2.36. The monoisotopic (exact) mass is 223 g/mol. The van der Waals surface area contributed by atoms with Gasteiger partial charge in [-0.05, 0) is 49.9 Å². The van der Waals surface area contributed by atoms with Crippen LogP contribution >= 0.6 is 0 Å². The zero-order valence-corrected chi connectivity index (χ0v) is 9.42. The van der Waals surface area contributed by atoms with E-state index in [0.29, 0.717) is 12.3 Å². The van der Waals surface area contributed by atoms with Crippen LogP contribution in [0.5, 0.6) is 5.75 Å². The molecule has 16 heavy (non-hydrogen) atoms. The lowest BCUT2D eigenvalue weighted by molar-refractivity contribution is 0.0386. The molecule has 0 atom stereocenters. The highest BCUT2D eigenvalue weighted by Crippen LogP contribution is 2.32. The van der Waals surface area contributed by atoms with E-state index in [1.807, 2.05) is 0 Å². The molecule has 0 heterocycles. The van der Waals surface area contributed by atoms with Crippen molar-refractivity contribution in [3.63, 3.8) is 0 Å². The van der Waals surface area contributed by atoms with Crippen LogP contribution in [0.2, 0.25) is 0 Å². The summed E-state index contributed by atoms with van der Waals surface area (Å²) >= 11 is 0. The topological polar surface area (TPSA) is 35.2 Å². The van der Waals surface area contributed by atoms with Crippen molar-refractivity contribution in [3.8, 4) is 5.75 Å². The summed E-state index contributed by atoms with van der Waals surface area (Å²) in [4.78, 5) is 0. The van der Waals surface area contributed by atoms with Crippen LogP contribution in [0.15, 0.2) is 24.3 Å². The maximum atomic E-state index is 12.8. The largest absolute Gasteiger partial charge is 0.486 e. The van der Waals surface area contributed by atoms with Crippen molar-refractivity contribution in [1.29, 1.82) is 0 Å². The van der Waals surface area contributed by atoms with E-state index in [0.717, 1.165) is 12.8 Å². The van der Waals surface area contributed by atoms with Crippen molar-refractivity contribution in [1.82, 2.24) is 0 Å². The van der Waals surface area contributed by atoms with Crippen LogP contribution in [-0.2, 0) is 0 Å². The number of ether oxygens (including phenoxy) is 1. The Bertz CT molecular complexity index is 330. The van der Waals surface area contributed by atoms with Crippen molar-refractivity contribution in [3.05, 3.63) is 30.1 Å². The van der Waals surface area contributed by atoms with Crippen molar-refractivity contribution in [2.75, 3.05) is 6.54 Å². The fraction of sp³-hybridized carbons (Fsp3) is 0.538. The summed E-state index contributed by atoms with van der Waals surface area (Å²) in [6, 6.07) is 6.17. The molecule has 2 rings (SSSR count). The molecule has 0 spiro atoms. The van der Waals surface area contributed by atoms with Crippen LogP contribution in [0.25, 0.3) is 0 Å². The van der Waals surface area contributed by atoms with Gasteiger partial charge in [-0.1, -0.05) is 6.42 Å². The Kier molecular flexibility index (Phi) is 3.44. The van der Waals surface area contributed by atoms with Crippen LogP contribution in [0.4, 0.5) is 4.39 Å². The summed E-state index contributed by atoms with van der Waals surface area (Å²) in [5, 5.41) is 0. The molecule has 3 heteroatoms. The van der Waals surface area contributed by atoms with E-state index < -0.39 is 0 Å². The van der Waals surface area contributed by atoms with Gasteiger partial charge < -0.3 is 10.5 Å². The molecule has 0 aromatic heterocycles. The van der Waals surface area contributed by atoms with E-state index in [4.69, 9.17) is 10.5 Å². The summed E-state index contributed by atoms with van der Waals surface area (Å²) in [7, 11) is 0. The Morgan fingerprint density at radius 2 is 1.75 bits per heavy atom. The SMILES string of the molecule is NCC1(Oc2ccc(F)cc2)CCCCC1. The zero-order chi connectivity index (χ0) is 11.4. The maximum Gasteiger partial charge on any atom is 0.123 e. The Balaban J connectivity index is 2.08. The molecule has 2 nitrogen and oxygen atoms in total. The molecule has 0 saturated heterocycles. The van der Waals surface area contributed by atoms with Gasteiger partial charge in [0.05, 0.1) is 0 Å². The summed E-state index contributed by atoms with van der Waals surface area (Å²) < 4.78 is 18.7. The van der Waals surface area contributed by atoms with E-state index in [1.165, 1.54) is 31.4 Å². The Morgan fingerprint density at radius 3 is 2.31 bits per heavy atom. The normalized spacial score (nSPS) is 19.4. The van der Waals surface area contributed by atoms with Crippen molar-refractivity contribution in [2.45, 2.75) is 37.7 Å². The fourth-order valence-electron chi connectivity index (χ4n) is 2.30. The zero-order valence-electron chi connectivity index (χ0n) is 9.42. The van der Waals surface area contributed by atoms with Gasteiger partial charge in [0, 0.05) is 6.54 Å². The summed E-state index contributed by atoms with van der Waals surface area (Å²) in [5.74, 6) is 0.478. The van der Waals surface area contributed by atoms with Crippen LogP contribution in [0.1, 0.15) is 32.1 Å². The highest BCUT2D eigenvalue weighted by molar-refractivity contribution is 5.23. The second kappa shape index (κ2) is 4.83. The molecule has 0 unspecified atom stereocenters. The molecular weight excluding hydrogens is 205 g/mol. The molecule has 1 saturated carbocycles. The van der Waals surface area contributed by atoms with E-state index in [2.05, 4.69) is 0 Å². The Hall–Kier alpha value is -1.09. The third-order valence-electron chi connectivity index (χ3n) is 3.28. The van der Waals surface area contributed by atoms with E-state index in [1.54, 1.807) is 12.1 Å². The third kappa shape index (κ3) is 2.53. The summed E-state index contributed by atoms with van der Waals surface area (Å²) in [6.07, 6.45) is 5.59. The molecule has 0 aliphatic heterocycles. The summed E-state index contributed by atoms with van der Waals surface area (Å²) in [6.45, 7) is 0.532. The average molecular weight is 223 g/mol. The number of nitrogens with two attached hydrogens (primary N) is 1. The Labute approximate surface area is 95.6 Å². The number of hydrogen-bond donors (Lipinski definition) is 1. The Morgan fingerprint density at radius 1 is 1.12 bits per heavy atom. The molecule has 1 aromatic rings. The maximum absolute atomic E-state index is 12.8. The van der Waals surface area contributed by atoms with Gasteiger partial charge in [-0.15, -0.1) is 0 Å². The average Bonchev–Trinajstić information content (AvgIpc) is 2.33. The lowest BCUT2D eigenvalue weighted by atomic mass is 9.84. The van der Waals surface area contributed by atoms with Crippen LogP contribution < -0.4 is 10.5 Å². The second-order valence-corrected chi connectivity index (χ2v) is 4.50.